The summed E-state index contributed by atoms with van der Waals surface area (Å²) in [5, 5.41) is 0. The molecule has 5 heteroatoms. The molecule has 0 aromatic heterocycles. The molecule has 0 aromatic rings. The van der Waals surface area contributed by atoms with Crippen molar-refractivity contribution in [3.05, 3.63) is 12.3 Å². The van der Waals surface area contributed by atoms with Gasteiger partial charge in [0.2, 0.25) is 5.91 Å². The van der Waals surface area contributed by atoms with Crippen molar-refractivity contribution in [3.63, 3.8) is 0 Å². The summed E-state index contributed by atoms with van der Waals surface area (Å²) < 4.78 is 4.55. The van der Waals surface area contributed by atoms with Crippen LogP contribution in [0.5, 0.6) is 0 Å². The van der Waals surface area contributed by atoms with Gasteiger partial charge < -0.3 is 9.64 Å². The van der Waals surface area contributed by atoms with Gasteiger partial charge in [0.15, 0.2) is 0 Å². The van der Waals surface area contributed by atoms with Crippen molar-refractivity contribution in [2.45, 2.75) is 32.6 Å². The number of amides is 1. The highest BCUT2D eigenvalue weighted by Crippen LogP contribution is 2.11. The fourth-order valence-electron chi connectivity index (χ4n) is 1.59. The van der Waals surface area contributed by atoms with Gasteiger partial charge in [-0.15, -0.1) is 0 Å². The van der Waals surface area contributed by atoms with Crippen molar-refractivity contribution in [1.29, 1.82) is 0 Å². The molecule has 0 aliphatic carbocycles. The maximum absolute atomic E-state index is 11.6. The molecule has 0 atom stereocenters. The minimum absolute atomic E-state index is 0.00425. The Hall–Kier alpha value is -1.65. The Labute approximate surface area is 100 Å². The van der Waals surface area contributed by atoms with Crippen LogP contribution in [0.15, 0.2) is 12.3 Å². The fraction of sp³-hybridized carbons (Fsp3) is 0.583. The van der Waals surface area contributed by atoms with E-state index in [-0.39, 0.29) is 12.5 Å². The summed E-state index contributed by atoms with van der Waals surface area (Å²) in [6.45, 7) is 2.40. The summed E-state index contributed by atoms with van der Waals surface area (Å²) in [5.74, 6) is -1.62. The molecule has 0 saturated carbocycles. The molecule has 0 radical (unpaired) electrons. The van der Waals surface area contributed by atoms with Gasteiger partial charge in [0.1, 0.15) is 0 Å². The first-order valence-electron chi connectivity index (χ1n) is 5.84. The summed E-state index contributed by atoms with van der Waals surface area (Å²) in [7, 11) is 0. The Kier molecular flexibility index (Phi) is 5.39. The molecular weight excluding hydrogens is 222 g/mol. The van der Waals surface area contributed by atoms with Gasteiger partial charge in [-0.05, 0) is 19.8 Å². The smallest absolute Gasteiger partial charge is 0.379 e. The first-order valence-corrected chi connectivity index (χ1v) is 5.84. The number of carbonyl (C=O) groups is 3. The number of hydrogen-bond acceptors (Lipinski definition) is 4. The van der Waals surface area contributed by atoms with Crippen molar-refractivity contribution in [2.75, 3.05) is 13.2 Å². The third-order valence-electron chi connectivity index (χ3n) is 2.49. The number of ketones is 1. The van der Waals surface area contributed by atoms with E-state index < -0.39 is 11.8 Å². The molecular formula is C12H17NO4. The number of hydrogen-bond donors (Lipinski definition) is 0. The zero-order valence-electron chi connectivity index (χ0n) is 9.98. The maximum Gasteiger partial charge on any atom is 0.379 e. The average molecular weight is 239 g/mol. The summed E-state index contributed by atoms with van der Waals surface area (Å²) >= 11 is 0. The first kappa shape index (κ1) is 13.4. The maximum atomic E-state index is 11.6. The minimum atomic E-state index is -0.883. The largest absolute Gasteiger partial charge is 0.460 e. The fourth-order valence-corrected chi connectivity index (χ4v) is 1.59. The van der Waals surface area contributed by atoms with E-state index in [4.69, 9.17) is 0 Å². The highest BCUT2D eigenvalue weighted by molar-refractivity contribution is 6.38. The van der Waals surface area contributed by atoms with E-state index in [1.807, 2.05) is 0 Å². The van der Waals surface area contributed by atoms with Crippen molar-refractivity contribution >= 4 is 17.7 Å². The molecule has 0 spiro atoms. The predicted octanol–water partition coefficient (Wildman–Crippen LogP) is 1.03. The molecule has 1 fully saturated rings. The average Bonchev–Trinajstić information content (AvgIpc) is 2.51. The van der Waals surface area contributed by atoms with Crippen LogP contribution < -0.4 is 0 Å². The topological polar surface area (TPSA) is 63.7 Å². The lowest BCUT2D eigenvalue weighted by atomic mass is 10.2. The van der Waals surface area contributed by atoms with Crippen molar-refractivity contribution in [2.24, 2.45) is 0 Å². The molecule has 1 rings (SSSR count). The van der Waals surface area contributed by atoms with Crippen LogP contribution in [0.4, 0.5) is 0 Å². The molecule has 0 bridgehead atoms. The van der Waals surface area contributed by atoms with Gasteiger partial charge in [-0.3, -0.25) is 9.59 Å². The number of ether oxygens (including phenoxy) is 1. The third-order valence-corrected chi connectivity index (χ3v) is 2.49. The van der Waals surface area contributed by atoms with E-state index in [2.05, 4.69) is 4.74 Å². The normalized spacial score (nSPS) is 17.0. The number of rotatable bonds is 4. The van der Waals surface area contributed by atoms with Gasteiger partial charge in [0.05, 0.1) is 6.61 Å². The molecule has 5 nitrogen and oxygen atoms in total. The van der Waals surface area contributed by atoms with E-state index >= 15 is 0 Å². The SMILES string of the molecule is CCOC(=O)C(=O)/C=C/N1CCCCCC1=O. The van der Waals surface area contributed by atoms with Crippen LogP contribution in [0.2, 0.25) is 0 Å². The molecule has 1 aliphatic rings. The second-order valence-electron chi connectivity index (χ2n) is 3.80. The molecule has 17 heavy (non-hydrogen) atoms. The summed E-state index contributed by atoms with van der Waals surface area (Å²) in [6, 6.07) is 0. The zero-order valence-corrected chi connectivity index (χ0v) is 9.98. The van der Waals surface area contributed by atoms with Crippen LogP contribution in [0.25, 0.3) is 0 Å². The van der Waals surface area contributed by atoms with Crippen LogP contribution >= 0.6 is 0 Å². The lowest BCUT2D eigenvalue weighted by molar-refractivity contribution is -0.151. The van der Waals surface area contributed by atoms with Crippen molar-refractivity contribution in [1.82, 2.24) is 4.90 Å². The second-order valence-corrected chi connectivity index (χ2v) is 3.80. The number of likely N-dealkylation sites (tertiary alicyclic amines) is 1. The molecule has 0 unspecified atom stereocenters. The van der Waals surface area contributed by atoms with E-state index in [0.29, 0.717) is 13.0 Å². The Morgan fingerprint density at radius 3 is 2.82 bits per heavy atom. The van der Waals surface area contributed by atoms with E-state index in [9.17, 15) is 14.4 Å². The van der Waals surface area contributed by atoms with E-state index in [0.717, 1.165) is 25.3 Å². The monoisotopic (exact) mass is 239 g/mol. The van der Waals surface area contributed by atoms with Gasteiger partial charge in [-0.2, -0.15) is 0 Å². The molecule has 0 N–H and O–H groups in total. The summed E-state index contributed by atoms with van der Waals surface area (Å²) in [6.07, 6.45) is 5.80. The van der Waals surface area contributed by atoms with Gasteiger partial charge in [-0.1, -0.05) is 6.42 Å². The molecule has 1 aliphatic heterocycles. The summed E-state index contributed by atoms with van der Waals surface area (Å²) in [5.41, 5.74) is 0. The molecule has 1 amide bonds. The van der Waals surface area contributed by atoms with Crippen LogP contribution in [-0.4, -0.2) is 35.7 Å². The zero-order chi connectivity index (χ0) is 12.7. The van der Waals surface area contributed by atoms with Gasteiger partial charge >= 0.3 is 5.97 Å². The van der Waals surface area contributed by atoms with E-state index in [1.54, 1.807) is 6.92 Å². The Morgan fingerprint density at radius 1 is 1.35 bits per heavy atom. The molecule has 94 valence electrons. The Balaban J connectivity index is 2.53. The number of esters is 1. The van der Waals surface area contributed by atoms with Crippen LogP contribution in [-0.2, 0) is 19.1 Å². The summed E-state index contributed by atoms with van der Waals surface area (Å²) in [4.78, 5) is 35.4. The minimum Gasteiger partial charge on any atom is -0.460 e. The Morgan fingerprint density at radius 2 is 2.12 bits per heavy atom. The lowest BCUT2D eigenvalue weighted by Crippen LogP contribution is -2.25. The standard InChI is InChI=1S/C12H17NO4/c1-2-17-12(16)10(14)7-9-13-8-5-3-4-6-11(13)15/h7,9H,2-6,8H2,1H3/b9-7+. The highest BCUT2D eigenvalue weighted by atomic mass is 16.5. The first-order chi connectivity index (χ1) is 8.15. The lowest BCUT2D eigenvalue weighted by Gasteiger charge is -2.14. The quantitative estimate of drug-likeness (QED) is 0.417. The van der Waals surface area contributed by atoms with Crippen LogP contribution in [0, 0.1) is 0 Å². The number of nitrogens with zero attached hydrogens (tertiary/aromatic N) is 1. The molecule has 0 aromatic carbocycles. The predicted molar refractivity (Wildman–Crippen MR) is 61.0 cm³/mol. The molecule has 1 saturated heterocycles. The van der Waals surface area contributed by atoms with Gasteiger partial charge in [0.25, 0.3) is 5.78 Å². The van der Waals surface area contributed by atoms with Gasteiger partial charge in [-0.25, -0.2) is 4.79 Å². The van der Waals surface area contributed by atoms with Crippen molar-refractivity contribution in [3.8, 4) is 0 Å². The second kappa shape index (κ2) is 6.83. The number of carbonyl (C=O) groups excluding carboxylic acids is 3. The van der Waals surface area contributed by atoms with Crippen LogP contribution in [0.1, 0.15) is 32.6 Å². The van der Waals surface area contributed by atoms with Crippen molar-refractivity contribution < 1.29 is 19.1 Å². The van der Waals surface area contributed by atoms with E-state index in [1.165, 1.54) is 11.1 Å². The van der Waals surface area contributed by atoms with Crippen LogP contribution in [0.3, 0.4) is 0 Å². The van der Waals surface area contributed by atoms with Gasteiger partial charge in [0, 0.05) is 25.2 Å². The Bertz CT molecular complexity index is 335. The molecule has 1 heterocycles. The highest BCUT2D eigenvalue weighted by Gasteiger charge is 2.16. The third kappa shape index (κ3) is 4.38.